The summed E-state index contributed by atoms with van der Waals surface area (Å²) in [6, 6.07) is 136. The number of hydrogen-bond acceptors (Lipinski definition) is 6. The zero-order valence-electron chi connectivity index (χ0n) is 72.0. The van der Waals surface area contributed by atoms with E-state index in [2.05, 4.69) is 387 Å². The Morgan fingerprint density at radius 1 is 0.143 bits per heavy atom. The lowest BCUT2D eigenvalue weighted by Crippen LogP contribution is -1.97. The molecule has 0 saturated heterocycles. The van der Waals surface area contributed by atoms with Crippen molar-refractivity contribution in [3.8, 4) is 201 Å². The van der Waals surface area contributed by atoms with Crippen LogP contribution < -0.4 is 0 Å². The number of hydrogen-bond donors (Lipinski definition) is 0. The number of pyridine rings is 4. The lowest BCUT2D eigenvalue weighted by molar-refractivity contribution is 1.13. The molecule has 6 heteroatoms. The first-order valence-corrected chi connectivity index (χ1v) is 44.4. The topological polar surface area (TPSA) is 77.3 Å². The summed E-state index contributed by atoms with van der Waals surface area (Å²) >= 11 is 0. The summed E-state index contributed by atoms with van der Waals surface area (Å²) in [5.74, 6) is 0.679. The molecule has 606 valence electrons. The van der Waals surface area contributed by atoms with Crippen molar-refractivity contribution in [2.24, 2.45) is 0 Å². The van der Waals surface area contributed by atoms with Gasteiger partial charge < -0.3 is 0 Å². The van der Waals surface area contributed by atoms with Crippen LogP contribution in [0.5, 0.6) is 0 Å². The van der Waals surface area contributed by atoms with Crippen LogP contribution in [0.1, 0.15) is 74.9 Å². The van der Waals surface area contributed by atoms with Gasteiger partial charge in [0.05, 0.1) is 28.5 Å². The Morgan fingerprint density at radius 3 is 0.556 bits per heavy atom. The molecule has 0 radical (unpaired) electrons. The molecule has 0 saturated carbocycles. The largest absolute Gasteiger partial charge is 0.256 e. The van der Waals surface area contributed by atoms with E-state index in [0.717, 1.165) is 167 Å². The smallest absolute Gasteiger partial charge is 0.159 e. The second-order valence-electron chi connectivity index (χ2n) is 32.3. The monoisotopic (exact) mass is 1620 g/mol. The lowest BCUT2D eigenvalue weighted by Gasteiger charge is -2.20. The molecule has 0 amide bonds. The normalized spacial score (nSPS) is 11.3. The van der Waals surface area contributed by atoms with Gasteiger partial charge in [-0.1, -0.05) is 284 Å². The van der Waals surface area contributed by atoms with Gasteiger partial charge in [0.1, 0.15) is 0 Å². The van der Waals surface area contributed by atoms with Gasteiger partial charge in [0.15, 0.2) is 5.82 Å². The molecule has 0 N–H and O–H groups in total. The van der Waals surface area contributed by atoms with Gasteiger partial charge in [-0.2, -0.15) is 0 Å². The van der Waals surface area contributed by atoms with Crippen molar-refractivity contribution < 1.29 is 0 Å². The fraction of sp³-hybridized carbons (Fsp3) is 0.100. The van der Waals surface area contributed by atoms with E-state index < -0.39 is 0 Å². The van der Waals surface area contributed by atoms with Crippen LogP contribution in [0, 0.1) is 0 Å². The standard InChI is InChI=1S/C120H96N6/c1-7-79-67-85(115-45-25-29-62-121-115)49-55-103(79)109-39-19-13-33-97(109)91-73-92(98-34-14-20-40-110(98)104-56-50-86(68-80(104)8-2)116-46-26-30-63-122-116)76-95(75-91)101-37-17-23-43-113(101)107-59-53-89(71-83(107)11-5)119-61-66-125-120(126-119)90-54-60-108(84(12-6)72-90)114-44-24-18-38-102(114)96-77-93(99-35-15-21-41-111(99)105-57-51-87(69-81(105)9-3)117-47-27-31-64-123-117)74-94(78-96)100-36-16-22-42-112(100)106-58-52-88(70-82(106)10-4)118-48-28-32-65-124-118/h13-78H,7-12H2,1-6H3. The minimum Gasteiger partial charge on any atom is -0.256 e. The third-order valence-electron chi connectivity index (χ3n) is 25.0. The Labute approximate surface area is 740 Å². The molecule has 0 bridgehead atoms. The number of rotatable bonds is 24. The molecule has 5 aromatic heterocycles. The van der Waals surface area contributed by atoms with Gasteiger partial charge in [-0.15, -0.1) is 0 Å². The van der Waals surface area contributed by atoms with E-state index in [9.17, 15) is 0 Å². The molecule has 19 rings (SSSR count). The van der Waals surface area contributed by atoms with E-state index in [1.54, 1.807) is 0 Å². The number of benzene rings is 14. The lowest BCUT2D eigenvalue weighted by atomic mass is 9.84. The molecule has 19 aromatic rings. The quantitative estimate of drug-likeness (QED) is 0.0600. The van der Waals surface area contributed by atoms with Crippen molar-refractivity contribution in [1.29, 1.82) is 0 Å². The highest BCUT2D eigenvalue weighted by Gasteiger charge is 2.24. The molecule has 0 unspecified atom stereocenters. The molecule has 5 heterocycles. The maximum Gasteiger partial charge on any atom is 0.159 e. The van der Waals surface area contributed by atoms with Crippen LogP contribution in [0.4, 0.5) is 0 Å². The number of nitrogens with zero attached hydrogens (tertiary/aromatic N) is 6. The second kappa shape index (κ2) is 36.4. The maximum atomic E-state index is 5.46. The molecule has 0 atom stereocenters. The van der Waals surface area contributed by atoms with Gasteiger partial charge in [-0.25, -0.2) is 9.97 Å². The summed E-state index contributed by atoms with van der Waals surface area (Å²) in [6.45, 7) is 13.5. The summed E-state index contributed by atoms with van der Waals surface area (Å²) in [5.41, 5.74) is 46.8. The van der Waals surface area contributed by atoms with Gasteiger partial charge >= 0.3 is 0 Å². The van der Waals surface area contributed by atoms with Crippen LogP contribution >= 0.6 is 0 Å². The van der Waals surface area contributed by atoms with E-state index >= 15 is 0 Å². The van der Waals surface area contributed by atoms with Gasteiger partial charge in [0, 0.05) is 64.4 Å². The molecule has 0 aliphatic rings. The Hall–Kier alpha value is -15.2. The first-order valence-electron chi connectivity index (χ1n) is 44.4. The SMILES string of the molecule is CCc1cc(-c2ccccn2)ccc1-c1ccccc1-c1cc(-c2ccccc2-c2ccc(-c3ccccn3)cc2CC)cc(-c2ccccc2-c2ccc(-c3ccnc(-c4ccc(-c5ccccc5-c5cc(-c6ccccc6-c6ccc(-c7ccccn7)cc6CC)cc(-c6ccccc6-c6ccc(-c7ccccn7)cc6CC)c5)c(CC)c4)n3)cc2CC)c1. The third-order valence-corrected chi connectivity index (χ3v) is 25.0. The van der Waals surface area contributed by atoms with Crippen LogP contribution in [0.3, 0.4) is 0 Å². The van der Waals surface area contributed by atoms with E-state index in [-0.39, 0.29) is 0 Å². The highest BCUT2D eigenvalue weighted by atomic mass is 14.9. The van der Waals surface area contributed by atoms with Crippen LogP contribution in [-0.4, -0.2) is 29.9 Å². The average Bonchev–Trinajstić information content (AvgIpc) is 0.759. The molecule has 0 aliphatic heterocycles. The van der Waals surface area contributed by atoms with Crippen molar-refractivity contribution in [3.05, 3.63) is 434 Å². The van der Waals surface area contributed by atoms with Crippen LogP contribution in [-0.2, 0) is 38.5 Å². The summed E-state index contributed by atoms with van der Waals surface area (Å²) in [5, 5.41) is 0. The minimum atomic E-state index is 0.679. The van der Waals surface area contributed by atoms with Gasteiger partial charge in [0.2, 0.25) is 0 Å². The van der Waals surface area contributed by atoms with Crippen molar-refractivity contribution >= 4 is 0 Å². The van der Waals surface area contributed by atoms with Crippen molar-refractivity contribution in [2.75, 3.05) is 0 Å². The number of aryl methyl sites for hydroxylation is 6. The van der Waals surface area contributed by atoms with Crippen molar-refractivity contribution in [1.82, 2.24) is 29.9 Å². The Balaban J connectivity index is 0.684. The Morgan fingerprint density at radius 2 is 0.341 bits per heavy atom. The molecule has 6 nitrogen and oxygen atoms in total. The van der Waals surface area contributed by atoms with E-state index in [1.165, 1.54) is 100 Å². The van der Waals surface area contributed by atoms with E-state index in [0.29, 0.717) is 5.82 Å². The molecule has 0 aliphatic carbocycles. The fourth-order valence-corrected chi connectivity index (χ4v) is 18.6. The van der Waals surface area contributed by atoms with Gasteiger partial charge in [-0.05, 0) is 333 Å². The Kier molecular flexibility index (Phi) is 23.3. The van der Waals surface area contributed by atoms with Gasteiger partial charge in [-0.3, -0.25) is 19.9 Å². The average molecular weight is 1620 g/mol. The first kappa shape index (κ1) is 80.5. The van der Waals surface area contributed by atoms with E-state index in [1.807, 2.05) is 55.2 Å². The minimum absolute atomic E-state index is 0.679. The Bertz CT molecular complexity index is 6480. The van der Waals surface area contributed by atoms with Crippen LogP contribution in [0.25, 0.3) is 201 Å². The zero-order valence-corrected chi connectivity index (χ0v) is 72.0. The van der Waals surface area contributed by atoms with Gasteiger partial charge in [0.25, 0.3) is 0 Å². The predicted octanol–water partition coefficient (Wildman–Crippen LogP) is 31.4. The van der Waals surface area contributed by atoms with Crippen LogP contribution in [0.15, 0.2) is 401 Å². The summed E-state index contributed by atoms with van der Waals surface area (Å²) < 4.78 is 0. The van der Waals surface area contributed by atoms with E-state index in [4.69, 9.17) is 29.9 Å². The highest BCUT2D eigenvalue weighted by Crippen LogP contribution is 2.49. The molecule has 0 spiro atoms. The highest BCUT2D eigenvalue weighted by molar-refractivity contribution is 5.99. The summed E-state index contributed by atoms with van der Waals surface area (Å²) in [6.07, 6.45) is 14.5. The first-order chi connectivity index (χ1) is 62.2. The predicted molar refractivity (Wildman–Crippen MR) is 527 cm³/mol. The molecular weight excluding hydrogens is 1530 g/mol. The maximum absolute atomic E-state index is 5.46. The van der Waals surface area contributed by atoms with Crippen LogP contribution in [0.2, 0.25) is 0 Å². The summed E-state index contributed by atoms with van der Waals surface area (Å²) in [7, 11) is 0. The zero-order chi connectivity index (χ0) is 85.4. The molecule has 0 fully saturated rings. The fourth-order valence-electron chi connectivity index (χ4n) is 18.6. The summed E-state index contributed by atoms with van der Waals surface area (Å²) in [4.78, 5) is 29.5. The molecule has 126 heavy (non-hydrogen) atoms. The number of aromatic nitrogens is 6. The van der Waals surface area contributed by atoms with Crippen molar-refractivity contribution in [3.63, 3.8) is 0 Å². The molecular formula is C120H96N6. The third kappa shape index (κ3) is 16.3. The molecule has 14 aromatic carbocycles. The van der Waals surface area contributed by atoms with Crippen molar-refractivity contribution in [2.45, 2.75) is 80.1 Å². The second-order valence-corrected chi connectivity index (χ2v) is 32.3.